The topological polar surface area (TPSA) is 161 Å². The Morgan fingerprint density at radius 1 is 1.13 bits per heavy atom. The molecule has 0 atom stereocenters. The van der Waals surface area contributed by atoms with Crippen LogP contribution in [0.1, 0.15) is 20.7 Å². The first-order valence-electron chi connectivity index (χ1n) is 6.36. The lowest BCUT2D eigenvalue weighted by molar-refractivity contribution is -0.384. The van der Waals surface area contributed by atoms with E-state index in [0.717, 1.165) is 23.1 Å². The minimum atomic E-state index is -1.69. The fourth-order valence-electron chi connectivity index (χ4n) is 1.84. The number of amides is 1. The molecule has 0 aliphatic carbocycles. The highest BCUT2D eigenvalue weighted by molar-refractivity contribution is 5.98. The van der Waals surface area contributed by atoms with Gasteiger partial charge in [0, 0.05) is 24.7 Å². The molecule has 0 aliphatic rings. The molecule has 1 rings (SSSR count). The summed E-state index contributed by atoms with van der Waals surface area (Å²) in [6, 6.07) is 2.61. The van der Waals surface area contributed by atoms with Crippen molar-refractivity contribution in [2.24, 2.45) is 0 Å². The van der Waals surface area contributed by atoms with Gasteiger partial charge in [0.05, 0.1) is 30.3 Å². The third-order valence-corrected chi connectivity index (χ3v) is 3.52. The number of hydrogen-bond acceptors (Lipinski definition) is 7. The minimum absolute atomic E-state index is 0.321. The van der Waals surface area contributed by atoms with Gasteiger partial charge in [-0.25, -0.2) is 4.79 Å². The summed E-state index contributed by atoms with van der Waals surface area (Å²) in [6.45, 7) is -2.28. The number of rotatable bonds is 7. The second-order valence-corrected chi connectivity index (χ2v) is 4.89. The molecule has 10 nitrogen and oxygen atoms in total. The summed E-state index contributed by atoms with van der Waals surface area (Å²) >= 11 is 0. The largest absolute Gasteiger partial charge is 0.478 e. The van der Waals surface area contributed by atoms with Crippen molar-refractivity contribution in [3.8, 4) is 0 Å². The standard InChI is InChI=1S/C13H16N2O8/c1-14(13(5-16,6-17)7-18)11(19)8-2-9(12(20)21)4-10(3-8)15(22)23/h2-4,16-18H,5-7H2,1H3,(H,20,21). The maximum Gasteiger partial charge on any atom is 0.335 e. The van der Waals surface area contributed by atoms with Crippen LogP contribution in [-0.4, -0.2) is 74.5 Å². The Morgan fingerprint density at radius 2 is 1.61 bits per heavy atom. The maximum absolute atomic E-state index is 12.4. The van der Waals surface area contributed by atoms with Gasteiger partial charge in [0.1, 0.15) is 5.54 Å². The van der Waals surface area contributed by atoms with Crippen molar-refractivity contribution in [3.05, 3.63) is 39.4 Å². The molecular formula is C13H16N2O8. The summed E-state index contributed by atoms with van der Waals surface area (Å²) in [6.07, 6.45) is 0. The normalized spacial score (nSPS) is 11.1. The molecule has 1 amide bonds. The summed E-state index contributed by atoms with van der Waals surface area (Å²) in [5.74, 6) is -2.35. The summed E-state index contributed by atoms with van der Waals surface area (Å²) < 4.78 is 0. The highest BCUT2D eigenvalue weighted by atomic mass is 16.6. The van der Waals surface area contributed by atoms with E-state index in [1.165, 1.54) is 7.05 Å². The number of aliphatic hydroxyl groups excluding tert-OH is 3. The van der Waals surface area contributed by atoms with Gasteiger partial charge in [0.15, 0.2) is 0 Å². The number of nitro benzene ring substituents is 1. The Kier molecular flexibility index (Phi) is 5.73. The lowest BCUT2D eigenvalue weighted by Gasteiger charge is -2.37. The Balaban J connectivity index is 3.36. The van der Waals surface area contributed by atoms with E-state index in [4.69, 9.17) is 5.11 Å². The van der Waals surface area contributed by atoms with Crippen LogP contribution in [0.2, 0.25) is 0 Å². The maximum atomic E-state index is 12.4. The van der Waals surface area contributed by atoms with Gasteiger partial charge in [0.2, 0.25) is 0 Å². The van der Waals surface area contributed by atoms with Crippen molar-refractivity contribution >= 4 is 17.6 Å². The Bertz CT molecular complexity index is 586. The zero-order valence-corrected chi connectivity index (χ0v) is 12.2. The zero-order chi connectivity index (χ0) is 17.8. The third-order valence-electron chi connectivity index (χ3n) is 3.52. The number of hydrogen-bond donors (Lipinski definition) is 4. The quantitative estimate of drug-likeness (QED) is 0.369. The number of non-ortho nitro benzene ring substituents is 1. The zero-order valence-electron chi connectivity index (χ0n) is 12.2. The van der Waals surface area contributed by atoms with E-state index in [1.54, 1.807) is 0 Å². The van der Waals surface area contributed by atoms with Gasteiger partial charge in [-0.05, 0) is 6.07 Å². The first kappa shape index (κ1) is 18.5. The van der Waals surface area contributed by atoms with E-state index in [0.29, 0.717) is 0 Å². The molecule has 0 radical (unpaired) electrons. The molecule has 1 aromatic rings. The molecule has 0 bridgehead atoms. The van der Waals surface area contributed by atoms with Gasteiger partial charge in [-0.15, -0.1) is 0 Å². The molecule has 0 fully saturated rings. The Morgan fingerprint density at radius 3 is 2.00 bits per heavy atom. The Hall–Kier alpha value is -2.56. The SMILES string of the molecule is CN(C(=O)c1cc(C(=O)O)cc([N+](=O)[O-])c1)C(CO)(CO)CO. The number of benzene rings is 1. The lowest BCUT2D eigenvalue weighted by Crippen LogP contribution is -2.57. The second kappa shape index (κ2) is 7.13. The summed E-state index contributed by atoms with van der Waals surface area (Å²) in [5, 5.41) is 47.8. The van der Waals surface area contributed by atoms with Crippen molar-refractivity contribution in [3.63, 3.8) is 0 Å². The van der Waals surface area contributed by atoms with Crippen LogP contribution >= 0.6 is 0 Å². The molecule has 0 heterocycles. The number of aliphatic hydroxyl groups is 3. The van der Waals surface area contributed by atoms with E-state index < -0.39 is 53.4 Å². The summed E-state index contributed by atoms with van der Waals surface area (Å²) in [5.41, 5.74) is -3.06. The summed E-state index contributed by atoms with van der Waals surface area (Å²) in [4.78, 5) is 34.2. The van der Waals surface area contributed by atoms with E-state index in [9.17, 15) is 35.0 Å². The van der Waals surface area contributed by atoms with E-state index in [1.807, 2.05) is 0 Å². The van der Waals surface area contributed by atoms with E-state index in [2.05, 4.69) is 0 Å². The van der Waals surface area contributed by atoms with Crippen LogP contribution < -0.4 is 0 Å². The van der Waals surface area contributed by atoms with Gasteiger partial charge in [-0.2, -0.15) is 0 Å². The fraction of sp³-hybridized carbons (Fsp3) is 0.385. The van der Waals surface area contributed by atoms with Crippen molar-refractivity contribution in [2.75, 3.05) is 26.9 Å². The molecule has 10 heteroatoms. The molecular weight excluding hydrogens is 312 g/mol. The number of carboxylic acid groups (broad SMARTS) is 1. The van der Waals surface area contributed by atoms with Crippen LogP contribution in [0.3, 0.4) is 0 Å². The second-order valence-electron chi connectivity index (χ2n) is 4.89. The molecule has 0 aromatic heterocycles. The predicted molar refractivity (Wildman–Crippen MR) is 76.1 cm³/mol. The monoisotopic (exact) mass is 328 g/mol. The van der Waals surface area contributed by atoms with Crippen molar-refractivity contribution < 1.29 is 34.9 Å². The number of carbonyl (C=O) groups excluding carboxylic acids is 1. The van der Waals surface area contributed by atoms with Crippen molar-refractivity contribution in [2.45, 2.75) is 5.54 Å². The van der Waals surface area contributed by atoms with Crippen molar-refractivity contribution in [1.82, 2.24) is 4.90 Å². The van der Waals surface area contributed by atoms with Crippen LogP contribution in [0, 0.1) is 10.1 Å². The molecule has 0 saturated carbocycles. The van der Waals surface area contributed by atoms with Gasteiger partial charge >= 0.3 is 5.97 Å². The van der Waals surface area contributed by atoms with Gasteiger partial charge in [-0.1, -0.05) is 0 Å². The molecule has 0 unspecified atom stereocenters. The number of nitro groups is 1. The van der Waals surface area contributed by atoms with E-state index >= 15 is 0 Å². The average molecular weight is 328 g/mol. The fourth-order valence-corrected chi connectivity index (χ4v) is 1.84. The highest BCUT2D eigenvalue weighted by Crippen LogP contribution is 2.21. The van der Waals surface area contributed by atoms with Crippen LogP contribution in [0.25, 0.3) is 0 Å². The van der Waals surface area contributed by atoms with Crippen LogP contribution in [-0.2, 0) is 0 Å². The third kappa shape index (κ3) is 3.62. The predicted octanol–water partition coefficient (Wildman–Crippen LogP) is -0.919. The van der Waals surface area contributed by atoms with E-state index in [-0.39, 0.29) is 5.56 Å². The van der Waals surface area contributed by atoms with Crippen LogP contribution in [0.15, 0.2) is 18.2 Å². The number of likely N-dealkylation sites (N-methyl/N-ethyl adjacent to an activating group) is 1. The van der Waals surface area contributed by atoms with Crippen LogP contribution in [0.4, 0.5) is 5.69 Å². The number of carbonyl (C=O) groups is 2. The van der Waals surface area contributed by atoms with Gasteiger partial charge < -0.3 is 25.3 Å². The number of nitrogens with zero attached hydrogens (tertiary/aromatic N) is 2. The highest BCUT2D eigenvalue weighted by Gasteiger charge is 2.37. The van der Waals surface area contributed by atoms with Gasteiger partial charge in [-0.3, -0.25) is 14.9 Å². The number of aromatic carboxylic acids is 1. The molecule has 1 aromatic carbocycles. The molecule has 23 heavy (non-hydrogen) atoms. The minimum Gasteiger partial charge on any atom is -0.478 e. The molecule has 126 valence electrons. The van der Waals surface area contributed by atoms with Gasteiger partial charge in [0.25, 0.3) is 11.6 Å². The molecule has 0 aliphatic heterocycles. The van der Waals surface area contributed by atoms with Crippen molar-refractivity contribution in [1.29, 1.82) is 0 Å². The molecule has 0 spiro atoms. The van der Waals surface area contributed by atoms with Crippen LogP contribution in [0.5, 0.6) is 0 Å². The average Bonchev–Trinajstić information content (AvgIpc) is 2.55. The smallest absolute Gasteiger partial charge is 0.335 e. The lowest BCUT2D eigenvalue weighted by atomic mass is 9.99. The Labute approximate surface area is 130 Å². The molecule has 0 saturated heterocycles. The molecule has 4 N–H and O–H groups in total. The first-order valence-corrected chi connectivity index (χ1v) is 6.36. The number of carboxylic acids is 1. The summed E-state index contributed by atoms with van der Waals surface area (Å²) in [7, 11) is 1.17. The first-order chi connectivity index (χ1) is 10.7.